The zero-order valence-electron chi connectivity index (χ0n) is 13.5. The summed E-state index contributed by atoms with van der Waals surface area (Å²) < 4.78 is 0. The third-order valence-electron chi connectivity index (χ3n) is 4.21. The van der Waals surface area contributed by atoms with Gasteiger partial charge >= 0.3 is 0 Å². The molecule has 1 aromatic carbocycles. The number of anilines is 2. The summed E-state index contributed by atoms with van der Waals surface area (Å²) in [6.07, 6.45) is 4.98. The Labute approximate surface area is 136 Å². The van der Waals surface area contributed by atoms with Gasteiger partial charge in [0.2, 0.25) is 0 Å². The van der Waals surface area contributed by atoms with Crippen molar-refractivity contribution in [2.45, 2.75) is 32.6 Å². The maximum atomic E-state index is 12.3. The number of aromatic nitrogens is 2. The molecule has 120 valence electrons. The Balaban J connectivity index is 1.67. The molecule has 3 rings (SSSR count). The van der Waals surface area contributed by atoms with Gasteiger partial charge in [0.1, 0.15) is 0 Å². The van der Waals surface area contributed by atoms with Crippen LogP contribution < -0.4 is 10.2 Å². The van der Waals surface area contributed by atoms with E-state index >= 15 is 0 Å². The van der Waals surface area contributed by atoms with Crippen molar-refractivity contribution in [2.24, 2.45) is 0 Å². The van der Waals surface area contributed by atoms with Gasteiger partial charge in [0.25, 0.3) is 5.91 Å². The van der Waals surface area contributed by atoms with Crippen molar-refractivity contribution in [3.05, 3.63) is 47.5 Å². The molecular formula is C18H22N4O. The highest BCUT2D eigenvalue weighted by Gasteiger charge is 2.13. The minimum atomic E-state index is -0.153. The summed E-state index contributed by atoms with van der Waals surface area (Å²) in [5.41, 5.74) is 1.60. The number of benzene rings is 1. The van der Waals surface area contributed by atoms with E-state index in [1.165, 1.54) is 25.7 Å². The molecule has 1 saturated heterocycles. The highest BCUT2D eigenvalue weighted by Crippen LogP contribution is 2.18. The summed E-state index contributed by atoms with van der Waals surface area (Å²) in [4.78, 5) is 14.5. The fourth-order valence-electron chi connectivity index (χ4n) is 2.87. The lowest BCUT2D eigenvalue weighted by Gasteiger charge is -2.20. The summed E-state index contributed by atoms with van der Waals surface area (Å²) in [5, 5.41) is 11.2. The number of nitrogens with one attached hydrogen (secondary N) is 1. The Morgan fingerprint density at radius 3 is 2.39 bits per heavy atom. The Hall–Kier alpha value is -2.43. The topological polar surface area (TPSA) is 58.1 Å². The van der Waals surface area contributed by atoms with Crippen molar-refractivity contribution >= 4 is 17.5 Å². The molecule has 0 unspecified atom stereocenters. The van der Waals surface area contributed by atoms with E-state index in [0.717, 1.165) is 24.5 Å². The van der Waals surface area contributed by atoms with Crippen molar-refractivity contribution in [1.82, 2.24) is 10.2 Å². The number of carbonyl (C=O) groups is 1. The number of hydrogen-bond acceptors (Lipinski definition) is 4. The van der Waals surface area contributed by atoms with Gasteiger partial charge in [-0.05, 0) is 43.5 Å². The Morgan fingerprint density at radius 2 is 1.74 bits per heavy atom. The van der Waals surface area contributed by atoms with Gasteiger partial charge < -0.3 is 10.2 Å². The van der Waals surface area contributed by atoms with Crippen molar-refractivity contribution < 1.29 is 4.79 Å². The van der Waals surface area contributed by atoms with Gasteiger partial charge in [-0.25, -0.2) is 0 Å². The van der Waals surface area contributed by atoms with Crippen LogP contribution in [0.3, 0.4) is 0 Å². The van der Waals surface area contributed by atoms with Gasteiger partial charge in [0, 0.05) is 18.7 Å². The van der Waals surface area contributed by atoms with Gasteiger partial charge in [-0.1, -0.05) is 31.0 Å². The van der Waals surface area contributed by atoms with E-state index in [-0.39, 0.29) is 5.91 Å². The van der Waals surface area contributed by atoms with E-state index in [4.69, 9.17) is 0 Å². The first-order valence-corrected chi connectivity index (χ1v) is 8.20. The van der Waals surface area contributed by atoms with Crippen LogP contribution in [0.5, 0.6) is 0 Å². The highest BCUT2D eigenvalue weighted by molar-refractivity contribution is 6.04. The maximum absolute atomic E-state index is 12.3. The standard InChI is InChI=1S/C18H22N4O/c1-14-8-4-5-9-15(14)18(23)19-16-10-11-17(21-20-16)22-12-6-2-3-7-13-22/h4-5,8-11H,2-3,6-7,12-13H2,1H3,(H,19,20,23). The number of aryl methyl sites for hydroxylation is 1. The summed E-state index contributed by atoms with van der Waals surface area (Å²) >= 11 is 0. The fraction of sp³-hybridized carbons (Fsp3) is 0.389. The number of hydrogen-bond donors (Lipinski definition) is 1. The molecule has 0 saturated carbocycles. The molecule has 1 aromatic heterocycles. The third kappa shape index (κ3) is 3.86. The fourth-order valence-corrected chi connectivity index (χ4v) is 2.87. The predicted octanol–water partition coefficient (Wildman–Crippen LogP) is 3.42. The van der Waals surface area contributed by atoms with E-state index in [0.29, 0.717) is 11.4 Å². The summed E-state index contributed by atoms with van der Waals surface area (Å²) in [6, 6.07) is 11.3. The van der Waals surface area contributed by atoms with E-state index in [9.17, 15) is 4.79 Å². The van der Waals surface area contributed by atoms with Crippen LogP contribution in [0, 0.1) is 6.92 Å². The van der Waals surface area contributed by atoms with Crippen LogP contribution in [0.1, 0.15) is 41.6 Å². The predicted molar refractivity (Wildman–Crippen MR) is 91.8 cm³/mol. The SMILES string of the molecule is Cc1ccccc1C(=O)Nc1ccc(N2CCCCCC2)nn1. The van der Waals surface area contributed by atoms with Crippen LogP contribution in [-0.4, -0.2) is 29.2 Å². The smallest absolute Gasteiger partial charge is 0.257 e. The monoisotopic (exact) mass is 310 g/mol. The molecule has 1 aliphatic heterocycles. The largest absolute Gasteiger partial charge is 0.355 e. The molecule has 0 bridgehead atoms. The number of rotatable bonds is 3. The molecule has 0 atom stereocenters. The second-order valence-corrected chi connectivity index (χ2v) is 5.95. The Kier molecular flexibility index (Phi) is 4.86. The summed E-state index contributed by atoms with van der Waals surface area (Å²) in [5.74, 6) is 1.22. The molecule has 0 aliphatic carbocycles. The van der Waals surface area contributed by atoms with Crippen molar-refractivity contribution in [3.8, 4) is 0 Å². The van der Waals surface area contributed by atoms with Gasteiger partial charge in [-0.15, -0.1) is 10.2 Å². The van der Waals surface area contributed by atoms with Gasteiger partial charge in [0.05, 0.1) is 0 Å². The number of carbonyl (C=O) groups excluding carboxylic acids is 1. The Bertz CT molecular complexity index is 661. The van der Waals surface area contributed by atoms with E-state index in [2.05, 4.69) is 20.4 Å². The minimum absolute atomic E-state index is 0.153. The lowest BCUT2D eigenvalue weighted by Crippen LogP contribution is -2.25. The lowest BCUT2D eigenvalue weighted by molar-refractivity contribution is 0.102. The first-order chi connectivity index (χ1) is 11.2. The van der Waals surface area contributed by atoms with Crippen LogP contribution >= 0.6 is 0 Å². The van der Waals surface area contributed by atoms with Gasteiger partial charge in [0.15, 0.2) is 11.6 Å². The average Bonchev–Trinajstić information content (AvgIpc) is 2.85. The molecule has 5 heteroatoms. The zero-order valence-corrected chi connectivity index (χ0v) is 13.5. The van der Waals surface area contributed by atoms with Gasteiger partial charge in [-0.3, -0.25) is 4.79 Å². The van der Waals surface area contributed by atoms with Crippen molar-refractivity contribution in [1.29, 1.82) is 0 Å². The first kappa shape index (κ1) is 15.5. The van der Waals surface area contributed by atoms with E-state index in [1.54, 1.807) is 0 Å². The van der Waals surface area contributed by atoms with E-state index < -0.39 is 0 Å². The quantitative estimate of drug-likeness (QED) is 0.943. The highest BCUT2D eigenvalue weighted by atomic mass is 16.1. The zero-order chi connectivity index (χ0) is 16.1. The molecule has 0 spiro atoms. The van der Waals surface area contributed by atoms with Crippen LogP contribution in [0.25, 0.3) is 0 Å². The molecule has 5 nitrogen and oxygen atoms in total. The maximum Gasteiger partial charge on any atom is 0.257 e. The molecule has 23 heavy (non-hydrogen) atoms. The summed E-state index contributed by atoms with van der Waals surface area (Å²) in [6.45, 7) is 3.98. The molecular weight excluding hydrogens is 288 g/mol. The lowest BCUT2D eigenvalue weighted by atomic mass is 10.1. The second kappa shape index (κ2) is 7.22. The minimum Gasteiger partial charge on any atom is -0.355 e. The normalized spacial score (nSPS) is 15.1. The molecule has 1 N–H and O–H groups in total. The summed E-state index contributed by atoms with van der Waals surface area (Å²) in [7, 11) is 0. The second-order valence-electron chi connectivity index (χ2n) is 5.95. The first-order valence-electron chi connectivity index (χ1n) is 8.20. The van der Waals surface area contributed by atoms with Crippen molar-refractivity contribution in [2.75, 3.05) is 23.3 Å². The van der Waals surface area contributed by atoms with Crippen molar-refractivity contribution in [3.63, 3.8) is 0 Å². The van der Waals surface area contributed by atoms with Gasteiger partial charge in [-0.2, -0.15) is 0 Å². The van der Waals surface area contributed by atoms with Crippen LogP contribution in [0.2, 0.25) is 0 Å². The molecule has 0 radical (unpaired) electrons. The molecule has 1 amide bonds. The Morgan fingerprint density at radius 1 is 1.00 bits per heavy atom. The third-order valence-corrected chi connectivity index (χ3v) is 4.21. The molecule has 2 heterocycles. The number of amides is 1. The van der Waals surface area contributed by atoms with E-state index in [1.807, 2.05) is 43.3 Å². The van der Waals surface area contributed by atoms with Crippen LogP contribution in [-0.2, 0) is 0 Å². The molecule has 2 aromatic rings. The van der Waals surface area contributed by atoms with Crippen LogP contribution in [0.15, 0.2) is 36.4 Å². The molecule has 1 aliphatic rings. The average molecular weight is 310 g/mol. The molecule has 1 fully saturated rings. The van der Waals surface area contributed by atoms with Crippen LogP contribution in [0.4, 0.5) is 11.6 Å². The number of nitrogens with zero attached hydrogens (tertiary/aromatic N) is 3.